The standard InChI is InChI=1S/C23H29NO2/c1-15(2)12-19-21(23(19,4)5)22(25)26-14-20-18(10-11-24-20)13-17-8-6-16(3)7-9-17/h6-12,19,21,24H,13-14H2,1-5H3. The zero-order chi connectivity index (χ0) is 18.9. The quantitative estimate of drug-likeness (QED) is 0.574. The number of nitrogens with one attached hydrogen (secondary N) is 1. The molecule has 0 spiro atoms. The molecule has 1 aliphatic rings. The third-order valence-electron chi connectivity index (χ3n) is 5.48. The van der Waals surface area contributed by atoms with Gasteiger partial charge in [-0.05, 0) is 55.7 Å². The van der Waals surface area contributed by atoms with Crippen LogP contribution in [0.4, 0.5) is 0 Å². The fourth-order valence-electron chi connectivity index (χ4n) is 3.69. The fraction of sp³-hybridized carbons (Fsp3) is 0.435. The normalized spacial score (nSPS) is 20.5. The van der Waals surface area contributed by atoms with Crippen LogP contribution < -0.4 is 0 Å². The minimum Gasteiger partial charge on any atom is -0.459 e. The molecule has 138 valence electrons. The number of aromatic nitrogens is 1. The van der Waals surface area contributed by atoms with Gasteiger partial charge in [0, 0.05) is 6.20 Å². The molecule has 1 aliphatic carbocycles. The molecule has 1 aromatic carbocycles. The van der Waals surface area contributed by atoms with Gasteiger partial charge in [-0.15, -0.1) is 0 Å². The summed E-state index contributed by atoms with van der Waals surface area (Å²) < 4.78 is 5.66. The number of H-pyrrole nitrogens is 1. The maximum Gasteiger partial charge on any atom is 0.310 e. The molecule has 0 saturated heterocycles. The Morgan fingerprint density at radius 2 is 1.88 bits per heavy atom. The van der Waals surface area contributed by atoms with E-state index in [0.717, 1.165) is 12.1 Å². The number of aryl methyl sites for hydroxylation is 1. The van der Waals surface area contributed by atoms with E-state index in [-0.39, 0.29) is 23.2 Å². The molecule has 1 fully saturated rings. The van der Waals surface area contributed by atoms with Crippen LogP contribution in [-0.4, -0.2) is 11.0 Å². The van der Waals surface area contributed by atoms with E-state index in [4.69, 9.17) is 4.74 Å². The molecule has 26 heavy (non-hydrogen) atoms. The predicted molar refractivity (Wildman–Crippen MR) is 105 cm³/mol. The van der Waals surface area contributed by atoms with Gasteiger partial charge in [0.05, 0.1) is 11.6 Å². The van der Waals surface area contributed by atoms with Gasteiger partial charge in [-0.25, -0.2) is 0 Å². The zero-order valence-electron chi connectivity index (χ0n) is 16.4. The Morgan fingerprint density at radius 3 is 2.54 bits per heavy atom. The number of esters is 1. The number of ether oxygens (including phenoxy) is 1. The predicted octanol–water partition coefficient (Wildman–Crippen LogP) is 5.20. The van der Waals surface area contributed by atoms with Gasteiger partial charge >= 0.3 is 5.97 Å². The van der Waals surface area contributed by atoms with Crippen molar-refractivity contribution in [2.24, 2.45) is 17.3 Å². The molecule has 0 bridgehead atoms. The average Bonchev–Trinajstić information content (AvgIpc) is 2.91. The third-order valence-corrected chi connectivity index (χ3v) is 5.48. The molecule has 1 heterocycles. The number of hydrogen-bond donors (Lipinski definition) is 1. The molecule has 0 aliphatic heterocycles. The second kappa shape index (κ2) is 7.14. The van der Waals surface area contributed by atoms with E-state index < -0.39 is 0 Å². The van der Waals surface area contributed by atoms with Crippen molar-refractivity contribution < 1.29 is 9.53 Å². The van der Waals surface area contributed by atoms with Crippen LogP contribution in [0.15, 0.2) is 48.2 Å². The summed E-state index contributed by atoms with van der Waals surface area (Å²) >= 11 is 0. The van der Waals surface area contributed by atoms with Crippen molar-refractivity contribution in [1.29, 1.82) is 0 Å². The Kier molecular flexibility index (Phi) is 5.08. The minimum atomic E-state index is -0.0895. The first-order valence-electron chi connectivity index (χ1n) is 9.31. The van der Waals surface area contributed by atoms with Gasteiger partial charge in [-0.2, -0.15) is 0 Å². The Morgan fingerprint density at radius 1 is 1.19 bits per heavy atom. The number of allylic oxidation sites excluding steroid dienone is 2. The Balaban J connectivity index is 1.61. The molecule has 1 aromatic heterocycles. The van der Waals surface area contributed by atoms with E-state index in [1.165, 1.54) is 22.3 Å². The highest BCUT2D eigenvalue weighted by Crippen LogP contribution is 2.59. The van der Waals surface area contributed by atoms with E-state index in [2.05, 4.69) is 76.0 Å². The summed E-state index contributed by atoms with van der Waals surface area (Å²) in [5.41, 5.74) is 5.93. The lowest BCUT2D eigenvalue weighted by molar-refractivity contribution is -0.147. The Labute approximate surface area is 156 Å². The maximum absolute atomic E-state index is 12.5. The second-order valence-corrected chi connectivity index (χ2v) is 8.32. The average molecular weight is 351 g/mol. The van der Waals surface area contributed by atoms with Crippen LogP contribution in [0.2, 0.25) is 0 Å². The van der Waals surface area contributed by atoms with Gasteiger partial charge in [0.15, 0.2) is 0 Å². The number of carbonyl (C=O) groups is 1. The molecular weight excluding hydrogens is 322 g/mol. The summed E-state index contributed by atoms with van der Waals surface area (Å²) in [5.74, 6) is 0.164. The SMILES string of the molecule is CC(C)=CC1C(C(=O)OCc2[nH]ccc2Cc2ccc(C)cc2)C1(C)C. The monoisotopic (exact) mass is 351 g/mol. The van der Waals surface area contributed by atoms with Gasteiger partial charge in [0.1, 0.15) is 6.61 Å². The van der Waals surface area contributed by atoms with Crippen LogP contribution in [0.5, 0.6) is 0 Å². The Bertz CT molecular complexity index is 807. The first kappa shape index (κ1) is 18.5. The molecule has 3 rings (SSSR count). The molecule has 1 N–H and O–H groups in total. The number of benzene rings is 1. The topological polar surface area (TPSA) is 42.1 Å². The van der Waals surface area contributed by atoms with Crippen molar-refractivity contribution in [3.05, 3.63) is 70.6 Å². The fourth-order valence-corrected chi connectivity index (χ4v) is 3.69. The number of aromatic amines is 1. The van der Waals surface area contributed by atoms with Crippen molar-refractivity contribution in [1.82, 2.24) is 4.98 Å². The molecule has 1 saturated carbocycles. The van der Waals surface area contributed by atoms with Gasteiger partial charge in [0.2, 0.25) is 0 Å². The number of carbonyl (C=O) groups excluding carboxylic acids is 1. The first-order valence-corrected chi connectivity index (χ1v) is 9.31. The summed E-state index contributed by atoms with van der Waals surface area (Å²) in [6, 6.07) is 10.6. The third kappa shape index (κ3) is 3.92. The minimum absolute atomic E-state index is 0.00514. The highest BCUT2D eigenvalue weighted by molar-refractivity contribution is 5.78. The van der Waals surface area contributed by atoms with E-state index in [1.807, 2.05) is 6.20 Å². The van der Waals surface area contributed by atoms with Crippen LogP contribution in [-0.2, 0) is 22.6 Å². The lowest BCUT2D eigenvalue weighted by Crippen LogP contribution is -2.11. The summed E-state index contributed by atoms with van der Waals surface area (Å²) in [5, 5.41) is 0. The first-order chi connectivity index (χ1) is 12.3. The van der Waals surface area contributed by atoms with Crippen LogP contribution in [0.1, 0.15) is 50.1 Å². The highest BCUT2D eigenvalue weighted by Gasteiger charge is 2.61. The van der Waals surface area contributed by atoms with Crippen molar-refractivity contribution >= 4 is 5.97 Å². The van der Waals surface area contributed by atoms with Crippen LogP contribution >= 0.6 is 0 Å². The molecule has 0 amide bonds. The molecule has 2 atom stereocenters. The van der Waals surface area contributed by atoms with E-state index in [1.54, 1.807) is 0 Å². The Hall–Kier alpha value is -2.29. The largest absolute Gasteiger partial charge is 0.459 e. The zero-order valence-corrected chi connectivity index (χ0v) is 16.4. The lowest BCUT2D eigenvalue weighted by atomic mass is 10.0. The van der Waals surface area contributed by atoms with Crippen molar-refractivity contribution in [3.8, 4) is 0 Å². The number of hydrogen-bond acceptors (Lipinski definition) is 2. The van der Waals surface area contributed by atoms with Gasteiger partial charge in [-0.3, -0.25) is 4.79 Å². The van der Waals surface area contributed by atoms with E-state index in [9.17, 15) is 4.79 Å². The molecule has 2 aromatic rings. The van der Waals surface area contributed by atoms with Crippen molar-refractivity contribution in [3.63, 3.8) is 0 Å². The van der Waals surface area contributed by atoms with E-state index in [0.29, 0.717) is 6.61 Å². The lowest BCUT2D eigenvalue weighted by Gasteiger charge is -2.08. The highest BCUT2D eigenvalue weighted by atomic mass is 16.5. The summed E-state index contributed by atoms with van der Waals surface area (Å²) in [6.45, 7) is 10.8. The second-order valence-electron chi connectivity index (χ2n) is 8.32. The maximum atomic E-state index is 12.5. The molecule has 3 heteroatoms. The van der Waals surface area contributed by atoms with Gasteiger partial charge < -0.3 is 9.72 Å². The molecule has 0 radical (unpaired) electrons. The van der Waals surface area contributed by atoms with Crippen LogP contribution in [0, 0.1) is 24.2 Å². The van der Waals surface area contributed by atoms with Crippen LogP contribution in [0.25, 0.3) is 0 Å². The number of rotatable bonds is 6. The van der Waals surface area contributed by atoms with E-state index >= 15 is 0 Å². The van der Waals surface area contributed by atoms with Crippen molar-refractivity contribution in [2.75, 3.05) is 0 Å². The van der Waals surface area contributed by atoms with Gasteiger partial charge in [0.25, 0.3) is 0 Å². The van der Waals surface area contributed by atoms with Crippen molar-refractivity contribution in [2.45, 2.75) is 47.6 Å². The molecular formula is C23H29NO2. The summed E-state index contributed by atoms with van der Waals surface area (Å²) in [7, 11) is 0. The molecule has 3 nitrogen and oxygen atoms in total. The smallest absolute Gasteiger partial charge is 0.310 e. The summed E-state index contributed by atoms with van der Waals surface area (Å²) in [4.78, 5) is 15.8. The summed E-state index contributed by atoms with van der Waals surface area (Å²) in [6.07, 6.45) is 4.95. The molecule has 2 unspecified atom stereocenters. The van der Waals surface area contributed by atoms with Gasteiger partial charge in [-0.1, -0.05) is 55.3 Å². The van der Waals surface area contributed by atoms with Crippen LogP contribution in [0.3, 0.4) is 0 Å².